The molecule has 0 aliphatic rings. The standard InChI is InChI=1S/C13H15ClN4O2/c1-13(2,12(15)20)7-16-11(19)9-10(14)17-8-5-3-4-6-18(8)9/h3-6H,7H2,1-2H3,(H2,15,20)(H,16,19). The first-order chi connectivity index (χ1) is 9.33. The molecule has 0 radical (unpaired) electrons. The Morgan fingerprint density at radius 3 is 2.80 bits per heavy atom. The molecule has 2 aromatic heterocycles. The molecule has 0 saturated heterocycles. The van der Waals surface area contributed by atoms with Crippen LogP contribution in [0.4, 0.5) is 0 Å². The molecule has 106 valence electrons. The summed E-state index contributed by atoms with van der Waals surface area (Å²) in [7, 11) is 0. The molecule has 0 fully saturated rings. The van der Waals surface area contributed by atoms with Crippen LogP contribution in [0, 0.1) is 5.41 Å². The molecule has 0 saturated carbocycles. The van der Waals surface area contributed by atoms with E-state index in [1.165, 1.54) is 0 Å². The summed E-state index contributed by atoms with van der Waals surface area (Å²) < 4.78 is 1.59. The third-order valence-electron chi connectivity index (χ3n) is 3.06. The number of rotatable bonds is 4. The van der Waals surface area contributed by atoms with Gasteiger partial charge in [0.2, 0.25) is 5.91 Å². The number of fused-ring (bicyclic) bond motifs is 1. The van der Waals surface area contributed by atoms with Gasteiger partial charge >= 0.3 is 0 Å². The van der Waals surface area contributed by atoms with Crippen molar-refractivity contribution in [3.05, 3.63) is 35.2 Å². The van der Waals surface area contributed by atoms with Crippen LogP contribution in [0.25, 0.3) is 5.65 Å². The minimum Gasteiger partial charge on any atom is -0.369 e. The molecule has 2 aromatic rings. The number of nitrogens with zero attached hydrogens (tertiary/aromatic N) is 2. The lowest BCUT2D eigenvalue weighted by Gasteiger charge is -2.20. The summed E-state index contributed by atoms with van der Waals surface area (Å²) in [6, 6.07) is 5.32. The van der Waals surface area contributed by atoms with Gasteiger partial charge in [-0.05, 0) is 26.0 Å². The number of primary amides is 1. The molecular weight excluding hydrogens is 280 g/mol. The summed E-state index contributed by atoms with van der Waals surface area (Å²) in [4.78, 5) is 27.5. The SMILES string of the molecule is CC(C)(CNC(=O)c1c(Cl)nc2ccccn12)C(N)=O. The molecule has 2 heterocycles. The third kappa shape index (κ3) is 2.60. The molecule has 3 N–H and O–H groups in total. The van der Waals surface area contributed by atoms with Gasteiger partial charge in [-0.25, -0.2) is 4.98 Å². The molecule has 0 bridgehead atoms. The number of pyridine rings is 1. The van der Waals surface area contributed by atoms with Crippen LogP contribution in [0.2, 0.25) is 5.15 Å². The molecule has 0 aromatic carbocycles. The number of amides is 2. The van der Waals surface area contributed by atoms with E-state index in [1.807, 2.05) is 0 Å². The van der Waals surface area contributed by atoms with Crippen LogP contribution in [0.5, 0.6) is 0 Å². The zero-order chi connectivity index (χ0) is 14.9. The van der Waals surface area contributed by atoms with Gasteiger partial charge in [-0.2, -0.15) is 0 Å². The van der Waals surface area contributed by atoms with Crippen molar-refractivity contribution < 1.29 is 9.59 Å². The summed E-state index contributed by atoms with van der Waals surface area (Å²) in [5, 5.41) is 2.77. The van der Waals surface area contributed by atoms with Crippen LogP contribution in [-0.2, 0) is 4.79 Å². The van der Waals surface area contributed by atoms with Crippen molar-refractivity contribution in [2.75, 3.05) is 6.54 Å². The topological polar surface area (TPSA) is 89.5 Å². The first kappa shape index (κ1) is 14.3. The first-order valence-electron chi connectivity index (χ1n) is 6.03. The zero-order valence-corrected chi connectivity index (χ0v) is 11.9. The maximum Gasteiger partial charge on any atom is 0.271 e. The van der Waals surface area contributed by atoms with Crippen molar-refractivity contribution in [2.24, 2.45) is 11.1 Å². The second kappa shape index (κ2) is 5.13. The fraction of sp³-hybridized carbons (Fsp3) is 0.308. The number of carbonyl (C=O) groups is 2. The molecule has 0 unspecified atom stereocenters. The van der Waals surface area contributed by atoms with Gasteiger partial charge in [0, 0.05) is 12.7 Å². The zero-order valence-electron chi connectivity index (χ0n) is 11.2. The third-order valence-corrected chi connectivity index (χ3v) is 3.32. The van der Waals surface area contributed by atoms with E-state index in [2.05, 4.69) is 10.3 Å². The van der Waals surface area contributed by atoms with Crippen LogP contribution in [0.1, 0.15) is 24.3 Å². The Bertz CT molecular complexity index is 678. The molecule has 0 atom stereocenters. The Hall–Kier alpha value is -2.08. The van der Waals surface area contributed by atoms with Gasteiger partial charge < -0.3 is 11.1 Å². The summed E-state index contributed by atoms with van der Waals surface area (Å²) in [6.07, 6.45) is 1.70. The number of carbonyl (C=O) groups excluding carboxylic acids is 2. The van der Waals surface area contributed by atoms with E-state index in [1.54, 1.807) is 42.6 Å². The fourth-order valence-corrected chi connectivity index (χ4v) is 1.91. The Morgan fingerprint density at radius 1 is 1.45 bits per heavy atom. The van der Waals surface area contributed by atoms with Crippen molar-refractivity contribution in [3.63, 3.8) is 0 Å². The number of hydrogen-bond donors (Lipinski definition) is 2. The van der Waals surface area contributed by atoms with E-state index in [0.717, 1.165) is 0 Å². The average Bonchev–Trinajstić information content (AvgIpc) is 2.71. The molecule has 7 heteroatoms. The lowest BCUT2D eigenvalue weighted by atomic mass is 9.93. The molecule has 0 aliphatic heterocycles. The van der Waals surface area contributed by atoms with Gasteiger partial charge in [0.05, 0.1) is 5.41 Å². The van der Waals surface area contributed by atoms with Crippen LogP contribution in [-0.4, -0.2) is 27.7 Å². The van der Waals surface area contributed by atoms with Crippen LogP contribution < -0.4 is 11.1 Å². The van der Waals surface area contributed by atoms with Gasteiger partial charge in [0.15, 0.2) is 10.8 Å². The normalized spacial score (nSPS) is 11.6. The second-order valence-corrected chi connectivity index (χ2v) is 5.47. The minimum atomic E-state index is -0.831. The quantitative estimate of drug-likeness (QED) is 0.888. The number of aromatic nitrogens is 2. The van der Waals surface area contributed by atoms with E-state index >= 15 is 0 Å². The molecule has 0 spiro atoms. The van der Waals surface area contributed by atoms with Gasteiger partial charge in [-0.15, -0.1) is 0 Å². The number of nitrogens with one attached hydrogen (secondary N) is 1. The van der Waals surface area contributed by atoms with Crippen molar-refractivity contribution in [1.82, 2.24) is 14.7 Å². The maximum absolute atomic E-state index is 12.2. The highest BCUT2D eigenvalue weighted by Gasteiger charge is 2.27. The molecule has 2 amide bonds. The van der Waals surface area contributed by atoms with E-state index < -0.39 is 17.2 Å². The van der Waals surface area contributed by atoms with Crippen molar-refractivity contribution >= 4 is 29.1 Å². The van der Waals surface area contributed by atoms with E-state index in [4.69, 9.17) is 17.3 Å². The first-order valence-corrected chi connectivity index (χ1v) is 6.41. The van der Waals surface area contributed by atoms with Crippen molar-refractivity contribution in [2.45, 2.75) is 13.8 Å². The van der Waals surface area contributed by atoms with Crippen molar-refractivity contribution in [1.29, 1.82) is 0 Å². The summed E-state index contributed by atoms with van der Waals surface area (Å²) in [6.45, 7) is 3.44. The monoisotopic (exact) mass is 294 g/mol. The molecule has 0 aliphatic carbocycles. The average molecular weight is 295 g/mol. The Labute approximate surface area is 120 Å². The predicted octanol–water partition coefficient (Wildman–Crippen LogP) is 1.23. The fourth-order valence-electron chi connectivity index (χ4n) is 1.64. The van der Waals surface area contributed by atoms with Crippen LogP contribution in [0.3, 0.4) is 0 Å². The van der Waals surface area contributed by atoms with Crippen molar-refractivity contribution in [3.8, 4) is 0 Å². The number of halogens is 1. The van der Waals surface area contributed by atoms with Gasteiger partial charge in [-0.1, -0.05) is 17.7 Å². The summed E-state index contributed by atoms with van der Waals surface area (Å²) in [5.74, 6) is -0.884. The van der Waals surface area contributed by atoms with E-state index in [9.17, 15) is 9.59 Å². The van der Waals surface area contributed by atoms with Crippen LogP contribution >= 0.6 is 11.6 Å². The van der Waals surface area contributed by atoms with E-state index in [0.29, 0.717) is 5.65 Å². The highest BCUT2D eigenvalue weighted by molar-refractivity contribution is 6.32. The minimum absolute atomic E-state index is 0.116. The largest absolute Gasteiger partial charge is 0.369 e. The van der Waals surface area contributed by atoms with Gasteiger partial charge in [0.1, 0.15) is 5.65 Å². The summed E-state index contributed by atoms with van der Waals surface area (Å²) >= 11 is 5.99. The van der Waals surface area contributed by atoms with Gasteiger partial charge in [0.25, 0.3) is 5.91 Å². The lowest BCUT2D eigenvalue weighted by Crippen LogP contribution is -2.42. The maximum atomic E-state index is 12.2. The second-order valence-electron chi connectivity index (χ2n) is 5.11. The van der Waals surface area contributed by atoms with E-state index in [-0.39, 0.29) is 17.4 Å². The smallest absolute Gasteiger partial charge is 0.271 e. The summed E-state index contributed by atoms with van der Waals surface area (Å²) in [5.41, 5.74) is 5.25. The van der Waals surface area contributed by atoms with Crippen LogP contribution in [0.15, 0.2) is 24.4 Å². The molecule has 20 heavy (non-hydrogen) atoms. The number of nitrogens with two attached hydrogens (primary N) is 1. The Balaban J connectivity index is 2.24. The Kier molecular flexibility index (Phi) is 3.67. The lowest BCUT2D eigenvalue weighted by molar-refractivity contribution is -0.125. The highest BCUT2D eigenvalue weighted by atomic mass is 35.5. The molecular formula is C13H15ClN4O2. The Morgan fingerprint density at radius 2 is 2.15 bits per heavy atom. The molecule has 6 nitrogen and oxygen atoms in total. The predicted molar refractivity (Wildman–Crippen MR) is 75.5 cm³/mol. The number of imidazole rings is 1. The highest BCUT2D eigenvalue weighted by Crippen LogP contribution is 2.18. The number of hydrogen-bond acceptors (Lipinski definition) is 3. The molecule has 2 rings (SSSR count). The van der Waals surface area contributed by atoms with Gasteiger partial charge in [-0.3, -0.25) is 14.0 Å².